The van der Waals surface area contributed by atoms with Crippen molar-refractivity contribution in [2.45, 2.75) is 6.42 Å². The average Bonchev–Trinajstić information content (AvgIpc) is 2.57. The van der Waals surface area contributed by atoms with Crippen LogP contribution in [0.25, 0.3) is 0 Å². The number of nitrogens with zero attached hydrogens (tertiary/aromatic N) is 2. The van der Waals surface area contributed by atoms with Crippen LogP contribution in [-0.4, -0.2) is 63.8 Å². The van der Waals surface area contributed by atoms with Gasteiger partial charge in [0.2, 0.25) is 0 Å². The summed E-state index contributed by atoms with van der Waals surface area (Å²) < 4.78 is 32.4. The van der Waals surface area contributed by atoms with E-state index in [2.05, 4.69) is 20.5 Å². The second-order valence-corrected chi connectivity index (χ2v) is 5.33. The highest BCUT2D eigenvalue weighted by Gasteiger charge is 2.10. The number of morpholine rings is 1. The molecule has 7 heteroatoms. The Hall–Kier alpha value is -1.73. The third-order valence-corrected chi connectivity index (χ3v) is 3.78. The Morgan fingerprint density at radius 1 is 1.17 bits per heavy atom. The highest BCUT2D eigenvalue weighted by molar-refractivity contribution is 5.79. The summed E-state index contributed by atoms with van der Waals surface area (Å²) in [6.07, 6.45) is 0.267. The van der Waals surface area contributed by atoms with Crippen LogP contribution in [-0.2, 0) is 11.2 Å². The SMILES string of the molecule is CN=C(NCCc1c(F)cccc1F)NCCN1CCOCC1. The van der Waals surface area contributed by atoms with Crippen molar-refractivity contribution in [2.24, 2.45) is 4.99 Å². The number of nitrogens with one attached hydrogen (secondary N) is 2. The van der Waals surface area contributed by atoms with Gasteiger partial charge in [0, 0.05) is 45.3 Å². The molecule has 0 amide bonds. The Morgan fingerprint density at radius 3 is 2.48 bits per heavy atom. The first-order chi connectivity index (χ1) is 11.2. The van der Waals surface area contributed by atoms with Crippen molar-refractivity contribution in [3.63, 3.8) is 0 Å². The van der Waals surface area contributed by atoms with E-state index in [0.29, 0.717) is 12.5 Å². The third kappa shape index (κ3) is 5.76. The standard InChI is InChI=1S/C16H24F2N4O/c1-19-16(21-7-8-22-9-11-23-12-10-22)20-6-5-13-14(17)3-2-4-15(13)18/h2-4H,5-12H2,1H3,(H2,19,20,21). The number of hydrogen-bond donors (Lipinski definition) is 2. The molecule has 1 saturated heterocycles. The van der Waals surface area contributed by atoms with Crippen LogP contribution in [0.5, 0.6) is 0 Å². The minimum Gasteiger partial charge on any atom is -0.379 e. The molecule has 0 spiro atoms. The molecule has 0 aromatic heterocycles. The number of guanidine groups is 1. The number of halogens is 2. The van der Waals surface area contributed by atoms with Crippen molar-refractivity contribution in [1.29, 1.82) is 0 Å². The molecule has 1 heterocycles. The minimum absolute atomic E-state index is 0.101. The van der Waals surface area contributed by atoms with E-state index < -0.39 is 11.6 Å². The van der Waals surface area contributed by atoms with Crippen molar-refractivity contribution >= 4 is 5.96 Å². The van der Waals surface area contributed by atoms with Crippen LogP contribution in [0, 0.1) is 11.6 Å². The Balaban J connectivity index is 1.68. The van der Waals surface area contributed by atoms with E-state index in [1.54, 1.807) is 7.05 Å². The summed E-state index contributed by atoms with van der Waals surface area (Å²) in [5.41, 5.74) is 0.101. The lowest BCUT2D eigenvalue weighted by atomic mass is 10.1. The van der Waals surface area contributed by atoms with Crippen LogP contribution in [0.4, 0.5) is 8.78 Å². The first-order valence-corrected chi connectivity index (χ1v) is 7.88. The van der Waals surface area contributed by atoms with Crippen molar-refractivity contribution in [3.8, 4) is 0 Å². The molecule has 5 nitrogen and oxygen atoms in total. The summed E-state index contributed by atoms with van der Waals surface area (Å²) in [5, 5.41) is 6.27. The Morgan fingerprint density at radius 2 is 1.83 bits per heavy atom. The summed E-state index contributed by atoms with van der Waals surface area (Å²) in [6, 6.07) is 3.91. The highest BCUT2D eigenvalue weighted by Crippen LogP contribution is 2.11. The Kier molecular flexibility index (Phi) is 7.22. The van der Waals surface area contributed by atoms with Crippen LogP contribution < -0.4 is 10.6 Å². The second-order valence-electron chi connectivity index (χ2n) is 5.33. The zero-order valence-electron chi connectivity index (χ0n) is 13.4. The van der Waals surface area contributed by atoms with Crippen molar-refractivity contribution in [2.75, 3.05) is 53.0 Å². The fourth-order valence-corrected chi connectivity index (χ4v) is 2.45. The molecule has 1 aromatic carbocycles. The van der Waals surface area contributed by atoms with Gasteiger partial charge in [0.1, 0.15) is 11.6 Å². The lowest BCUT2D eigenvalue weighted by molar-refractivity contribution is 0.0389. The Labute approximate surface area is 135 Å². The number of hydrogen-bond acceptors (Lipinski definition) is 3. The lowest BCUT2D eigenvalue weighted by Gasteiger charge is -2.26. The van der Waals surface area contributed by atoms with Crippen molar-refractivity contribution < 1.29 is 13.5 Å². The summed E-state index contributed by atoms with van der Waals surface area (Å²) in [6.45, 7) is 5.53. The van der Waals surface area contributed by atoms with E-state index in [-0.39, 0.29) is 12.0 Å². The third-order valence-electron chi connectivity index (χ3n) is 3.78. The summed E-state index contributed by atoms with van der Waals surface area (Å²) >= 11 is 0. The van der Waals surface area contributed by atoms with Gasteiger partial charge in [-0.1, -0.05) is 6.07 Å². The fraction of sp³-hybridized carbons (Fsp3) is 0.562. The van der Waals surface area contributed by atoms with Crippen LogP contribution >= 0.6 is 0 Å². The topological polar surface area (TPSA) is 48.9 Å². The van der Waals surface area contributed by atoms with Gasteiger partial charge in [0.15, 0.2) is 5.96 Å². The van der Waals surface area contributed by atoms with Gasteiger partial charge in [-0.3, -0.25) is 9.89 Å². The summed E-state index contributed by atoms with van der Waals surface area (Å²) in [4.78, 5) is 6.43. The molecular formula is C16H24F2N4O. The van der Waals surface area contributed by atoms with Gasteiger partial charge in [-0.2, -0.15) is 0 Å². The van der Waals surface area contributed by atoms with Crippen LogP contribution in [0.2, 0.25) is 0 Å². The van der Waals surface area contributed by atoms with E-state index in [1.807, 2.05) is 0 Å². The molecule has 0 saturated carbocycles. The molecule has 0 radical (unpaired) electrons. The number of ether oxygens (including phenoxy) is 1. The normalized spacial score (nSPS) is 16.4. The molecule has 2 N–H and O–H groups in total. The first kappa shape index (κ1) is 17.6. The van der Waals surface area contributed by atoms with Crippen LogP contribution in [0.15, 0.2) is 23.2 Å². The maximum atomic E-state index is 13.5. The maximum absolute atomic E-state index is 13.5. The average molecular weight is 326 g/mol. The smallest absolute Gasteiger partial charge is 0.191 e. The maximum Gasteiger partial charge on any atom is 0.191 e. The molecule has 0 atom stereocenters. The first-order valence-electron chi connectivity index (χ1n) is 7.88. The van der Waals surface area contributed by atoms with Gasteiger partial charge in [0.05, 0.1) is 13.2 Å². The molecular weight excluding hydrogens is 302 g/mol. The lowest BCUT2D eigenvalue weighted by Crippen LogP contribution is -2.44. The molecule has 128 valence electrons. The summed E-state index contributed by atoms with van der Waals surface area (Å²) in [7, 11) is 1.67. The zero-order chi connectivity index (χ0) is 16.5. The molecule has 0 unspecified atom stereocenters. The van der Waals surface area contributed by atoms with Crippen molar-refractivity contribution in [1.82, 2.24) is 15.5 Å². The van der Waals surface area contributed by atoms with Gasteiger partial charge < -0.3 is 15.4 Å². The van der Waals surface area contributed by atoms with Gasteiger partial charge in [-0.25, -0.2) is 8.78 Å². The monoisotopic (exact) mass is 326 g/mol. The molecule has 1 aliphatic rings. The quantitative estimate of drug-likeness (QED) is 0.605. The molecule has 0 bridgehead atoms. The number of rotatable bonds is 6. The van der Waals surface area contributed by atoms with Gasteiger partial charge in [0.25, 0.3) is 0 Å². The van der Waals surface area contributed by atoms with E-state index in [0.717, 1.165) is 39.4 Å². The fourth-order valence-electron chi connectivity index (χ4n) is 2.45. The van der Waals surface area contributed by atoms with Crippen LogP contribution in [0.1, 0.15) is 5.56 Å². The number of benzene rings is 1. The van der Waals surface area contributed by atoms with Gasteiger partial charge in [-0.05, 0) is 18.6 Å². The van der Waals surface area contributed by atoms with Gasteiger partial charge >= 0.3 is 0 Å². The molecule has 23 heavy (non-hydrogen) atoms. The van der Waals surface area contributed by atoms with Crippen LogP contribution in [0.3, 0.4) is 0 Å². The largest absolute Gasteiger partial charge is 0.379 e. The van der Waals surface area contributed by atoms with E-state index >= 15 is 0 Å². The molecule has 0 aliphatic carbocycles. The molecule has 2 rings (SSSR count). The highest BCUT2D eigenvalue weighted by atomic mass is 19.1. The second kappa shape index (κ2) is 9.42. The minimum atomic E-state index is -0.512. The van der Waals surface area contributed by atoms with E-state index in [9.17, 15) is 8.78 Å². The molecule has 1 fully saturated rings. The van der Waals surface area contributed by atoms with Crippen molar-refractivity contribution in [3.05, 3.63) is 35.4 Å². The zero-order valence-corrected chi connectivity index (χ0v) is 13.4. The predicted molar refractivity (Wildman–Crippen MR) is 86.7 cm³/mol. The summed E-state index contributed by atoms with van der Waals surface area (Å²) in [5.74, 6) is -0.390. The number of aliphatic imine (C=N–C) groups is 1. The Bertz CT molecular complexity index is 499. The predicted octanol–water partition coefficient (Wildman–Crippen LogP) is 1.00. The van der Waals surface area contributed by atoms with E-state index in [1.165, 1.54) is 18.2 Å². The van der Waals surface area contributed by atoms with Gasteiger partial charge in [-0.15, -0.1) is 0 Å². The van der Waals surface area contributed by atoms with E-state index in [4.69, 9.17) is 4.74 Å². The molecule has 1 aromatic rings. The molecule has 1 aliphatic heterocycles.